The van der Waals surface area contributed by atoms with Gasteiger partial charge in [0.25, 0.3) is 0 Å². The Balaban J connectivity index is 1.43. The summed E-state index contributed by atoms with van der Waals surface area (Å²) in [5.74, 6) is -0.272. The minimum absolute atomic E-state index is 0.0135. The second-order valence-electron chi connectivity index (χ2n) is 10.7. The van der Waals surface area contributed by atoms with Gasteiger partial charge in [-0.2, -0.15) is 0 Å². The van der Waals surface area contributed by atoms with Gasteiger partial charge in [-0.1, -0.05) is 6.92 Å². The number of rotatable bonds is 11. The Morgan fingerprint density at radius 2 is 1.65 bits per heavy atom. The van der Waals surface area contributed by atoms with Crippen LogP contribution in [0.2, 0.25) is 0 Å². The number of thioether (sulfide) groups is 1. The van der Waals surface area contributed by atoms with Gasteiger partial charge < -0.3 is 30.1 Å². The molecule has 3 unspecified atom stereocenters. The predicted molar refractivity (Wildman–Crippen MR) is 155 cm³/mol. The standard InChI is InChI=1S/C30H37N3O6S/c1-4-39-22-13-9-19(10-14-22)31-27(35)24-23-17-18(2)30(40-23)25(24)29(37)33(15-5-6-16-34)26(30)28(36)32-20-7-11-21(38-3)12-8-20/h7-14,18,23-26,34H,4-6,15-17H2,1-3H3,(H,31,35)(H,32,36)/t18?,23-,24+,25+,26?,30?/m1/s1. The van der Waals surface area contributed by atoms with E-state index in [1.165, 1.54) is 0 Å². The number of hydrogen-bond donors (Lipinski definition) is 3. The molecule has 10 heteroatoms. The fourth-order valence-corrected chi connectivity index (χ4v) is 9.09. The third kappa shape index (κ3) is 4.92. The van der Waals surface area contributed by atoms with E-state index in [0.29, 0.717) is 43.1 Å². The number of amides is 3. The van der Waals surface area contributed by atoms with Crippen molar-refractivity contribution in [2.24, 2.45) is 17.8 Å². The van der Waals surface area contributed by atoms with E-state index in [-0.39, 0.29) is 35.5 Å². The van der Waals surface area contributed by atoms with Crippen LogP contribution in [0.5, 0.6) is 11.5 Å². The number of aliphatic hydroxyl groups is 1. The maximum Gasteiger partial charge on any atom is 0.248 e. The Morgan fingerprint density at radius 3 is 2.25 bits per heavy atom. The van der Waals surface area contributed by atoms with Crippen molar-refractivity contribution >= 4 is 40.9 Å². The molecule has 2 bridgehead atoms. The molecule has 214 valence electrons. The van der Waals surface area contributed by atoms with Crippen molar-refractivity contribution in [1.29, 1.82) is 0 Å². The van der Waals surface area contributed by atoms with Crippen molar-refractivity contribution in [3.8, 4) is 11.5 Å². The monoisotopic (exact) mass is 567 g/mol. The summed E-state index contributed by atoms with van der Waals surface area (Å²) in [6.07, 6.45) is 1.86. The van der Waals surface area contributed by atoms with Crippen LogP contribution in [0.15, 0.2) is 48.5 Å². The molecule has 0 aromatic heterocycles. The maximum absolute atomic E-state index is 14.1. The van der Waals surface area contributed by atoms with Crippen LogP contribution in [-0.4, -0.2) is 70.6 Å². The average molecular weight is 568 g/mol. The molecule has 3 saturated heterocycles. The zero-order valence-electron chi connectivity index (χ0n) is 23.1. The summed E-state index contributed by atoms with van der Waals surface area (Å²) in [6, 6.07) is 13.6. The van der Waals surface area contributed by atoms with E-state index in [1.54, 1.807) is 72.3 Å². The van der Waals surface area contributed by atoms with E-state index in [9.17, 15) is 19.5 Å². The van der Waals surface area contributed by atoms with Crippen LogP contribution in [0, 0.1) is 17.8 Å². The number of hydrogen-bond acceptors (Lipinski definition) is 7. The van der Waals surface area contributed by atoms with Gasteiger partial charge in [-0.05, 0) is 80.6 Å². The Kier molecular flexibility index (Phi) is 8.28. The summed E-state index contributed by atoms with van der Waals surface area (Å²) in [7, 11) is 1.58. The Bertz CT molecular complexity index is 1240. The first-order valence-corrected chi connectivity index (χ1v) is 14.8. The number of methoxy groups -OCH3 is 1. The lowest BCUT2D eigenvalue weighted by Crippen LogP contribution is -2.54. The molecule has 40 heavy (non-hydrogen) atoms. The fourth-order valence-electron chi connectivity index (χ4n) is 6.67. The van der Waals surface area contributed by atoms with Gasteiger partial charge in [-0.15, -0.1) is 11.8 Å². The lowest BCUT2D eigenvalue weighted by atomic mass is 9.66. The highest BCUT2D eigenvalue weighted by molar-refractivity contribution is 8.02. The van der Waals surface area contributed by atoms with Crippen molar-refractivity contribution in [3.05, 3.63) is 48.5 Å². The summed E-state index contributed by atoms with van der Waals surface area (Å²) in [6.45, 7) is 4.93. The van der Waals surface area contributed by atoms with E-state index in [0.717, 1.165) is 12.2 Å². The number of anilines is 2. The van der Waals surface area contributed by atoms with Gasteiger partial charge in [-0.25, -0.2) is 0 Å². The summed E-state index contributed by atoms with van der Waals surface area (Å²) >= 11 is 1.64. The predicted octanol–water partition coefficient (Wildman–Crippen LogP) is 3.78. The van der Waals surface area contributed by atoms with E-state index in [1.807, 2.05) is 6.92 Å². The molecule has 5 rings (SSSR count). The van der Waals surface area contributed by atoms with Crippen molar-refractivity contribution < 1.29 is 29.0 Å². The SMILES string of the molecule is CCOc1ccc(NC(=O)[C@@H]2[C@H]3C(=O)N(CCCCO)C(C(=O)Nc4ccc(OC)cc4)C34S[C@@H]2CC4C)cc1. The molecular weight excluding hydrogens is 530 g/mol. The Morgan fingerprint density at radius 1 is 1.02 bits per heavy atom. The third-order valence-corrected chi connectivity index (χ3v) is 10.5. The van der Waals surface area contributed by atoms with E-state index in [2.05, 4.69) is 17.6 Å². The number of unbranched alkanes of at least 4 members (excludes halogenated alkanes) is 1. The number of aliphatic hydroxyl groups excluding tert-OH is 1. The van der Waals surface area contributed by atoms with Gasteiger partial charge in [0.15, 0.2) is 0 Å². The lowest BCUT2D eigenvalue weighted by Gasteiger charge is -2.38. The van der Waals surface area contributed by atoms with Crippen molar-refractivity contribution in [1.82, 2.24) is 4.90 Å². The Labute approximate surface area is 239 Å². The van der Waals surface area contributed by atoms with Gasteiger partial charge in [0, 0.05) is 29.8 Å². The van der Waals surface area contributed by atoms with Gasteiger partial charge in [0.1, 0.15) is 17.5 Å². The van der Waals surface area contributed by atoms with Crippen LogP contribution in [0.1, 0.15) is 33.1 Å². The number of nitrogens with one attached hydrogen (secondary N) is 2. The van der Waals surface area contributed by atoms with Crippen molar-refractivity contribution in [2.75, 3.05) is 37.5 Å². The highest BCUT2D eigenvalue weighted by Crippen LogP contribution is 2.68. The maximum atomic E-state index is 14.1. The van der Waals surface area contributed by atoms with E-state index in [4.69, 9.17) is 9.47 Å². The van der Waals surface area contributed by atoms with Crippen molar-refractivity contribution in [2.45, 2.75) is 49.1 Å². The highest BCUT2D eigenvalue weighted by atomic mass is 32.2. The molecule has 0 radical (unpaired) electrons. The van der Waals surface area contributed by atoms with Gasteiger partial charge in [0.05, 0.1) is 30.3 Å². The zero-order chi connectivity index (χ0) is 28.4. The van der Waals surface area contributed by atoms with E-state index < -0.39 is 22.6 Å². The van der Waals surface area contributed by atoms with Gasteiger partial charge in [0.2, 0.25) is 17.7 Å². The summed E-state index contributed by atoms with van der Waals surface area (Å²) in [5.41, 5.74) is 1.26. The topological polar surface area (TPSA) is 117 Å². The molecule has 3 amide bonds. The largest absolute Gasteiger partial charge is 0.497 e. The highest BCUT2D eigenvalue weighted by Gasteiger charge is 2.75. The molecule has 3 fully saturated rings. The molecule has 1 spiro atoms. The molecule has 2 aromatic carbocycles. The Hall–Kier alpha value is -3.24. The van der Waals surface area contributed by atoms with Crippen LogP contribution >= 0.6 is 11.8 Å². The first-order chi connectivity index (χ1) is 19.3. The lowest BCUT2D eigenvalue weighted by molar-refractivity contribution is -0.138. The van der Waals surface area contributed by atoms with Gasteiger partial charge in [-0.3, -0.25) is 14.4 Å². The second-order valence-corrected chi connectivity index (χ2v) is 12.2. The van der Waals surface area contributed by atoms with Crippen LogP contribution in [0.25, 0.3) is 0 Å². The zero-order valence-corrected chi connectivity index (χ0v) is 23.9. The molecular formula is C30H37N3O6S. The van der Waals surface area contributed by atoms with Crippen LogP contribution in [0.4, 0.5) is 11.4 Å². The molecule has 9 nitrogen and oxygen atoms in total. The van der Waals surface area contributed by atoms with Gasteiger partial charge >= 0.3 is 0 Å². The minimum atomic E-state index is -0.723. The molecule has 6 atom stereocenters. The summed E-state index contributed by atoms with van der Waals surface area (Å²) < 4.78 is 10.0. The van der Waals surface area contributed by atoms with Crippen LogP contribution < -0.4 is 20.1 Å². The molecule has 3 N–H and O–H groups in total. The summed E-state index contributed by atoms with van der Waals surface area (Å²) in [4.78, 5) is 43.5. The molecule has 3 aliphatic heterocycles. The van der Waals surface area contributed by atoms with Crippen LogP contribution in [0.3, 0.4) is 0 Å². The smallest absolute Gasteiger partial charge is 0.248 e. The molecule has 0 aliphatic carbocycles. The van der Waals surface area contributed by atoms with E-state index >= 15 is 0 Å². The number of fused-ring (bicyclic) bond motifs is 1. The fraction of sp³-hybridized carbons (Fsp3) is 0.500. The second kappa shape index (κ2) is 11.7. The first kappa shape index (κ1) is 28.3. The minimum Gasteiger partial charge on any atom is -0.497 e. The first-order valence-electron chi connectivity index (χ1n) is 13.9. The molecule has 0 saturated carbocycles. The normalized spacial score (nSPS) is 28.4. The molecule has 2 aromatic rings. The number of nitrogens with zero attached hydrogens (tertiary/aromatic N) is 1. The average Bonchev–Trinajstić information content (AvgIpc) is 3.54. The number of carbonyl (C=O) groups is 3. The van der Waals surface area contributed by atoms with Crippen LogP contribution in [-0.2, 0) is 14.4 Å². The van der Waals surface area contributed by atoms with Crippen molar-refractivity contribution in [3.63, 3.8) is 0 Å². The molecule has 3 aliphatic rings. The number of benzene rings is 2. The number of ether oxygens (including phenoxy) is 2. The number of carbonyl (C=O) groups excluding carboxylic acids is 3. The summed E-state index contributed by atoms with van der Waals surface area (Å²) in [5, 5.41) is 15.4. The number of likely N-dealkylation sites (tertiary alicyclic amines) is 1. The third-order valence-electron chi connectivity index (χ3n) is 8.39. The molecule has 3 heterocycles. The quantitative estimate of drug-likeness (QED) is 0.354.